The zero-order valence-electron chi connectivity index (χ0n) is 53.3. The molecule has 6 atom stereocenters. The van der Waals surface area contributed by atoms with Crippen LogP contribution in [0.4, 0.5) is 0 Å². The summed E-state index contributed by atoms with van der Waals surface area (Å²) in [5, 5.41) is 0. The molecule has 0 nitrogen and oxygen atoms in total. The molecule has 0 aliphatic heterocycles. The molecule has 0 aromatic heterocycles. The molecule has 0 spiro atoms. The summed E-state index contributed by atoms with van der Waals surface area (Å²) in [6.07, 6.45) is 98.3. The van der Waals surface area contributed by atoms with Gasteiger partial charge in [0.25, 0.3) is 0 Å². The van der Waals surface area contributed by atoms with E-state index in [-0.39, 0.29) is 0 Å². The maximum atomic E-state index is 1.62. The lowest BCUT2D eigenvalue weighted by atomic mass is 9.60. The summed E-state index contributed by atoms with van der Waals surface area (Å²) in [5.41, 5.74) is 0. The lowest BCUT2D eigenvalue weighted by Crippen LogP contribution is -2.35. The third kappa shape index (κ3) is 25.3. The van der Waals surface area contributed by atoms with E-state index < -0.39 is 0 Å². The first kappa shape index (κ1) is 64.0. The lowest BCUT2D eigenvalue weighted by molar-refractivity contribution is 0.0520. The molecule has 0 saturated heterocycles. The lowest BCUT2D eigenvalue weighted by Gasteiger charge is -2.46. The quantitative estimate of drug-likeness (QED) is 0.212. The maximum absolute atomic E-state index is 1.62. The van der Waals surface area contributed by atoms with E-state index in [4.69, 9.17) is 0 Å². The Hall–Kier alpha value is 0. The third-order valence-corrected chi connectivity index (χ3v) is 25.8. The molecule has 454 valence electrons. The molecule has 0 aromatic carbocycles. The molecule has 0 radical (unpaired) electrons. The van der Waals surface area contributed by atoms with E-state index in [0.717, 1.165) is 47.3 Å². The predicted octanol–water partition coefficient (Wildman–Crippen LogP) is 26.7. The van der Waals surface area contributed by atoms with Gasteiger partial charge in [0.2, 0.25) is 0 Å². The summed E-state index contributed by atoms with van der Waals surface area (Å²) in [6, 6.07) is 0. The Morgan fingerprint density at radius 2 is 0.244 bits per heavy atom. The van der Waals surface area contributed by atoms with Gasteiger partial charge in [-0.1, -0.05) is 372 Å². The highest BCUT2D eigenvalue weighted by Crippen LogP contribution is 2.55. The monoisotopic (exact) mass is 1080 g/mol. The van der Waals surface area contributed by atoms with Gasteiger partial charge in [-0.3, -0.25) is 0 Å². The fraction of sp³-hybridized carbons (Fsp3) is 1.00. The molecule has 0 heterocycles. The van der Waals surface area contributed by atoms with Crippen LogP contribution in [0.15, 0.2) is 0 Å². The van der Waals surface area contributed by atoms with Gasteiger partial charge in [-0.25, -0.2) is 0 Å². The largest absolute Gasteiger partial charge is 0.0533 e. The number of fused-ring (bicyclic) bond motifs is 10. The Morgan fingerprint density at radius 1 is 0.0897 bits per heavy atom. The fourth-order valence-corrected chi connectivity index (χ4v) is 20.2. The highest BCUT2D eigenvalue weighted by molar-refractivity contribution is 4.95. The molecule has 18 rings (SSSR count). The predicted molar refractivity (Wildman–Crippen MR) is 344 cm³/mol. The van der Waals surface area contributed by atoms with Crippen molar-refractivity contribution in [2.24, 2.45) is 82.9 Å². The molecule has 6 unspecified atom stereocenters. The van der Waals surface area contributed by atoms with Gasteiger partial charge in [0.1, 0.15) is 0 Å². The van der Waals surface area contributed by atoms with Crippen molar-refractivity contribution < 1.29 is 0 Å². The standard InChI is InChI=1S/C14H24.C10H18.2C8H14.C8H16.C7H12.C7H14.C6H12.C5H8.C5H10/c1-2-6-12-10-14-8-4-3-7-13(14)9-11(12)5-1;1-2-6-10-8-4-3-7-9(10)5-1;1-3-7-5-2-6-8(7)4-1;1-2-8-5-3-7(1)4-6-8;1-2-4-6-8-7-5-3-1;1-2-7-4-3-6(1)5-7;1-2-4-6-7-5-3-1;1-2-4-6-5-3-1;1-2-5-3-4(1)5;1-2-4-5-3-1/h11-14H,1-10H2;9-10H,1-8H2;2*7-8H,1-6H2;1-8H2;6-7H,1-5H2;1-7H2;1-6H2;4-5H,1-3H2;1-5H2. The summed E-state index contributed by atoms with van der Waals surface area (Å²) < 4.78 is 0. The average molecular weight is 1080 g/mol. The van der Waals surface area contributed by atoms with Gasteiger partial charge < -0.3 is 0 Å². The van der Waals surface area contributed by atoms with Crippen LogP contribution in [0.2, 0.25) is 0 Å². The molecule has 18 aliphatic rings. The molecule has 0 N–H and O–H groups in total. The van der Waals surface area contributed by atoms with E-state index in [1.54, 1.807) is 205 Å². The Balaban J connectivity index is 0.000000116. The summed E-state index contributed by atoms with van der Waals surface area (Å²) >= 11 is 0. The van der Waals surface area contributed by atoms with E-state index >= 15 is 0 Å². The first-order chi connectivity index (χ1) is 38.7. The minimum absolute atomic E-state index is 1.15. The van der Waals surface area contributed by atoms with E-state index in [1.165, 1.54) is 241 Å². The normalized spacial score (nSPS) is 39.1. The van der Waals surface area contributed by atoms with Crippen molar-refractivity contribution in [2.45, 2.75) is 411 Å². The fourth-order valence-electron chi connectivity index (χ4n) is 20.2. The second-order valence-electron chi connectivity index (χ2n) is 31.7. The van der Waals surface area contributed by atoms with Crippen LogP contribution in [0.25, 0.3) is 0 Å². The summed E-state index contributed by atoms with van der Waals surface area (Å²) in [7, 11) is 0. The SMILES string of the molecule is C1CC2CC12.C1CC2CCC1C2.C1CC2CCC1CC2.C1CC2CCCC2C1.C1CCC2CC3CCCCC3CC2C1.C1CCC2CCCCC2C1.C1CCCC1.C1CCCCC1.C1CCCCCC1.C1CCCCCCC1. The second-order valence-corrected chi connectivity index (χ2v) is 31.7. The summed E-state index contributed by atoms with van der Waals surface area (Å²) in [4.78, 5) is 0. The Kier molecular flexibility index (Phi) is 32.5. The Bertz CT molecular complexity index is 1210. The first-order valence-corrected chi connectivity index (χ1v) is 38.7. The van der Waals surface area contributed by atoms with Crippen LogP contribution < -0.4 is 0 Å². The van der Waals surface area contributed by atoms with Crippen LogP contribution in [-0.4, -0.2) is 0 Å². The van der Waals surface area contributed by atoms with Gasteiger partial charge in [-0.2, -0.15) is 0 Å². The molecule has 4 bridgehead atoms. The van der Waals surface area contributed by atoms with E-state index in [1.807, 2.05) is 0 Å². The Morgan fingerprint density at radius 3 is 0.385 bits per heavy atom. The average Bonchev–Trinajstić information content (AvgIpc) is 4.31. The zero-order chi connectivity index (χ0) is 53.3. The molecular formula is C78H142. The van der Waals surface area contributed by atoms with Gasteiger partial charge in [-0.05, 0) is 121 Å². The van der Waals surface area contributed by atoms with Gasteiger partial charge in [0.15, 0.2) is 0 Å². The molecule has 0 aromatic rings. The van der Waals surface area contributed by atoms with Gasteiger partial charge in [0, 0.05) is 0 Å². The van der Waals surface area contributed by atoms with Crippen LogP contribution in [0.3, 0.4) is 0 Å². The van der Waals surface area contributed by atoms with Crippen molar-refractivity contribution in [1.29, 1.82) is 0 Å². The smallest absolute Gasteiger partial charge is 0.0383 e. The minimum atomic E-state index is 1.15. The van der Waals surface area contributed by atoms with Crippen molar-refractivity contribution in [3.05, 3.63) is 0 Å². The van der Waals surface area contributed by atoms with E-state index in [9.17, 15) is 0 Å². The maximum Gasteiger partial charge on any atom is -0.0383 e. The van der Waals surface area contributed by atoms with Crippen LogP contribution in [-0.2, 0) is 0 Å². The molecule has 78 heavy (non-hydrogen) atoms. The second kappa shape index (κ2) is 39.6. The third-order valence-electron chi connectivity index (χ3n) is 25.8. The van der Waals surface area contributed by atoms with Crippen molar-refractivity contribution in [2.75, 3.05) is 0 Å². The molecule has 18 aliphatic carbocycles. The highest BCUT2D eigenvalue weighted by atomic mass is 14.5. The number of hydrogen-bond donors (Lipinski definition) is 0. The molecular weight excluding hydrogens is 937 g/mol. The van der Waals surface area contributed by atoms with Crippen LogP contribution in [0, 0.1) is 82.9 Å². The van der Waals surface area contributed by atoms with Gasteiger partial charge >= 0.3 is 0 Å². The van der Waals surface area contributed by atoms with Crippen molar-refractivity contribution >= 4 is 0 Å². The van der Waals surface area contributed by atoms with Crippen LogP contribution in [0.1, 0.15) is 411 Å². The van der Waals surface area contributed by atoms with Gasteiger partial charge in [-0.15, -0.1) is 0 Å². The van der Waals surface area contributed by atoms with Crippen molar-refractivity contribution in [3.8, 4) is 0 Å². The van der Waals surface area contributed by atoms with Crippen molar-refractivity contribution in [1.82, 2.24) is 0 Å². The van der Waals surface area contributed by atoms with Crippen molar-refractivity contribution in [3.63, 3.8) is 0 Å². The topological polar surface area (TPSA) is 0 Å². The molecule has 18 saturated carbocycles. The highest BCUT2D eigenvalue weighted by Gasteiger charge is 2.44. The van der Waals surface area contributed by atoms with Crippen LogP contribution in [0.5, 0.6) is 0 Å². The zero-order valence-corrected chi connectivity index (χ0v) is 53.3. The summed E-state index contributed by atoms with van der Waals surface area (Å²) in [6.45, 7) is 0. The number of hydrogen-bond acceptors (Lipinski definition) is 0. The molecule has 18 fully saturated rings. The van der Waals surface area contributed by atoms with E-state index in [2.05, 4.69) is 0 Å². The van der Waals surface area contributed by atoms with Gasteiger partial charge in [0.05, 0.1) is 0 Å². The minimum Gasteiger partial charge on any atom is -0.0533 e. The number of rotatable bonds is 0. The Labute approximate surface area is 491 Å². The summed E-state index contributed by atoms with van der Waals surface area (Å²) in [5.74, 6) is 16.4. The molecule has 0 heteroatoms. The van der Waals surface area contributed by atoms with E-state index in [0.29, 0.717) is 0 Å². The first-order valence-electron chi connectivity index (χ1n) is 38.7. The molecule has 0 amide bonds. The van der Waals surface area contributed by atoms with Crippen LogP contribution >= 0.6 is 0 Å².